The summed E-state index contributed by atoms with van der Waals surface area (Å²) < 4.78 is 0. The second kappa shape index (κ2) is 4.62. The Balaban J connectivity index is 1.68. The van der Waals surface area contributed by atoms with Crippen LogP contribution in [-0.2, 0) is 6.54 Å². The molecule has 0 spiro atoms. The average Bonchev–Trinajstić information content (AvgIpc) is 2.78. The fourth-order valence-corrected chi connectivity index (χ4v) is 2.13. The van der Waals surface area contributed by atoms with Crippen LogP contribution in [-0.4, -0.2) is 22.7 Å². The molecule has 1 fully saturated rings. The van der Waals surface area contributed by atoms with Crippen molar-refractivity contribution < 1.29 is 5.11 Å². The van der Waals surface area contributed by atoms with E-state index in [-0.39, 0.29) is 6.10 Å². The molecule has 3 heteroatoms. The quantitative estimate of drug-likeness (QED) is 0.676. The third-order valence-corrected chi connectivity index (χ3v) is 3.00. The summed E-state index contributed by atoms with van der Waals surface area (Å²) in [7, 11) is 0. The summed E-state index contributed by atoms with van der Waals surface area (Å²) in [4.78, 5) is 3.15. The Hall–Kier alpha value is -0.800. The molecule has 2 rings (SSSR count). The van der Waals surface area contributed by atoms with Gasteiger partial charge < -0.3 is 15.4 Å². The molecule has 0 bridgehead atoms. The summed E-state index contributed by atoms with van der Waals surface area (Å²) in [6, 6.07) is 4.07. The normalized spacial score (nSPS) is 26.9. The monoisotopic (exact) mass is 194 g/mol. The summed E-state index contributed by atoms with van der Waals surface area (Å²) in [6.07, 6.45) is 5.18. The van der Waals surface area contributed by atoms with Crippen LogP contribution in [0.2, 0.25) is 0 Å². The van der Waals surface area contributed by atoms with Crippen molar-refractivity contribution in [2.24, 2.45) is 5.92 Å². The van der Waals surface area contributed by atoms with Crippen molar-refractivity contribution in [2.45, 2.75) is 31.9 Å². The van der Waals surface area contributed by atoms with E-state index in [0.29, 0.717) is 5.92 Å². The average molecular weight is 194 g/mol. The highest BCUT2D eigenvalue weighted by atomic mass is 16.3. The van der Waals surface area contributed by atoms with E-state index in [1.807, 2.05) is 12.3 Å². The third kappa shape index (κ3) is 2.36. The minimum atomic E-state index is -0.0776. The van der Waals surface area contributed by atoms with Gasteiger partial charge in [0, 0.05) is 25.0 Å². The van der Waals surface area contributed by atoms with Crippen LogP contribution in [0.25, 0.3) is 0 Å². The van der Waals surface area contributed by atoms with Crippen LogP contribution in [0.3, 0.4) is 0 Å². The highest BCUT2D eigenvalue weighted by molar-refractivity contribution is 5.02. The Morgan fingerprint density at radius 2 is 2.43 bits per heavy atom. The van der Waals surface area contributed by atoms with Crippen LogP contribution in [0.15, 0.2) is 18.3 Å². The van der Waals surface area contributed by atoms with Gasteiger partial charge >= 0.3 is 0 Å². The maximum Gasteiger partial charge on any atom is 0.0580 e. The highest BCUT2D eigenvalue weighted by Gasteiger charge is 2.24. The molecule has 1 aromatic rings. The molecule has 0 aromatic carbocycles. The standard InChI is InChI=1S/C11H18N2O/c14-11-5-1-3-9(11)7-12-8-10-4-2-6-13-10/h2,4,6,9,11-14H,1,3,5,7-8H2. The lowest BCUT2D eigenvalue weighted by Crippen LogP contribution is -2.27. The minimum Gasteiger partial charge on any atom is -0.393 e. The van der Waals surface area contributed by atoms with Crippen LogP contribution in [0, 0.1) is 5.92 Å². The Bertz CT molecular complexity index is 258. The van der Waals surface area contributed by atoms with E-state index < -0.39 is 0 Å². The van der Waals surface area contributed by atoms with E-state index in [2.05, 4.69) is 16.4 Å². The Kier molecular flexibility index (Phi) is 3.22. The first kappa shape index (κ1) is 9.74. The highest BCUT2D eigenvalue weighted by Crippen LogP contribution is 2.24. The third-order valence-electron chi connectivity index (χ3n) is 3.00. The molecule has 2 unspecified atom stereocenters. The zero-order valence-corrected chi connectivity index (χ0v) is 8.37. The van der Waals surface area contributed by atoms with Crippen molar-refractivity contribution in [3.63, 3.8) is 0 Å². The molecule has 78 valence electrons. The second-order valence-electron chi connectivity index (χ2n) is 4.08. The zero-order chi connectivity index (χ0) is 9.80. The smallest absolute Gasteiger partial charge is 0.0580 e. The SMILES string of the molecule is OC1CCCC1CNCc1ccc[nH]1. The predicted octanol–water partition coefficient (Wildman–Crippen LogP) is 1.27. The van der Waals surface area contributed by atoms with Gasteiger partial charge in [0.1, 0.15) is 0 Å². The Morgan fingerprint density at radius 3 is 3.07 bits per heavy atom. The van der Waals surface area contributed by atoms with Crippen LogP contribution >= 0.6 is 0 Å². The summed E-state index contributed by atoms with van der Waals surface area (Å²) in [6.45, 7) is 1.80. The molecule has 3 N–H and O–H groups in total. The minimum absolute atomic E-state index is 0.0776. The number of rotatable bonds is 4. The fraction of sp³-hybridized carbons (Fsp3) is 0.636. The predicted molar refractivity (Wildman–Crippen MR) is 55.8 cm³/mol. The molecule has 0 aliphatic heterocycles. The number of H-pyrrole nitrogens is 1. The van der Waals surface area contributed by atoms with Gasteiger partial charge in [0.15, 0.2) is 0 Å². The first-order chi connectivity index (χ1) is 6.86. The lowest BCUT2D eigenvalue weighted by Gasteiger charge is -2.14. The van der Waals surface area contributed by atoms with Crippen molar-refractivity contribution in [1.82, 2.24) is 10.3 Å². The van der Waals surface area contributed by atoms with Crippen LogP contribution in [0.1, 0.15) is 25.0 Å². The lowest BCUT2D eigenvalue weighted by atomic mass is 10.1. The van der Waals surface area contributed by atoms with Crippen molar-refractivity contribution in [3.05, 3.63) is 24.0 Å². The molecule has 1 saturated carbocycles. The summed E-state index contributed by atoms with van der Waals surface area (Å²) in [5, 5.41) is 13.0. The molecular weight excluding hydrogens is 176 g/mol. The number of aliphatic hydroxyl groups is 1. The molecule has 1 aromatic heterocycles. The molecule has 0 saturated heterocycles. The van der Waals surface area contributed by atoms with Gasteiger partial charge in [0.05, 0.1) is 6.10 Å². The van der Waals surface area contributed by atoms with Gasteiger partial charge in [-0.05, 0) is 30.9 Å². The van der Waals surface area contributed by atoms with E-state index in [1.165, 1.54) is 18.5 Å². The van der Waals surface area contributed by atoms with Gasteiger partial charge in [-0.2, -0.15) is 0 Å². The van der Waals surface area contributed by atoms with E-state index >= 15 is 0 Å². The van der Waals surface area contributed by atoms with Crippen LogP contribution < -0.4 is 5.32 Å². The number of aromatic amines is 1. The molecule has 3 nitrogen and oxygen atoms in total. The fourth-order valence-electron chi connectivity index (χ4n) is 2.13. The molecular formula is C11H18N2O. The molecule has 1 aliphatic rings. The topological polar surface area (TPSA) is 48.0 Å². The van der Waals surface area contributed by atoms with Crippen LogP contribution in [0.4, 0.5) is 0 Å². The van der Waals surface area contributed by atoms with Gasteiger partial charge in [-0.25, -0.2) is 0 Å². The lowest BCUT2D eigenvalue weighted by molar-refractivity contribution is 0.131. The maximum absolute atomic E-state index is 9.60. The first-order valence-electron chi connectivity index (χ1n) is 5.37. The number of aromatic nitrogens is 1. The summed E-state index contributed by atoms with van der Waals surface area (Å²) in [5.41, 5.74) is 1.21. The Labute approximate surface area is 84.5 Å². The molecule has 0 amide bonds. The number of nitrogens with one attached hydrogen (secondary N) is 2. The van der Waals surface area contributed by atoms with Crippen LogP contribution in [0.5, 0.6) is 0 Å². The van der Waals surface area contributed by atoms with Crippen molar-refractivity contribution in [1.29, 1.82) is 0 Å². The van der Waals surface area contributed by atoms with Crippen molar-refractivity contribution in [2.75, 3.05) is 6.54 Å². The molecule has 2 atom stereocenters. The zero-order valence-electron chi connectivity index (χ0n) is 8.37. The van der Waals surface area contributed by atoms with Crippen molar-refractivity contribution in [3.8, 4) is 0 Å². The number of hydrogen-bond acceptors (Lipinski definition) is 2. The van der Waals surface area contributed by atoms with E-state index in [9.17, 15) is 5.11 Å². The van der Waals surface area contributed by atoms with E-state index in [4.69, 9.17) is 0 Å². The number of hydrogen-bond donors (Lipinski definition) is 3. The molecule has 0 radical (unpaired) electrons. The van der Waals surface area contributed by atoms with Gasteiger partial charge in [0.2, 0.25) is 0 Å². The van der Waals surface area contributed by atoms with Gasteiger partial charge in [-0.15, -0.1) is 0 Å². The van der Waals surface area contributed by atoms with Gasteiger partial charge in [-0.3, -0.25) is 0 Å². The first-order valence-corrected chi connectivity index (χ1v) is 5.37. The molecule has 1 aliphatic carbocycles. The summed E-state index contributed by atoms with van der Waals surface area (Å²) in [5.74, 6) is 0.463. The van der Waals surface area contributed by atoms with E-state index in [0.717, 1.165) is 19.5 Å². The van der Waals surface area contributed by atoms with Gasteiger partial charge in [-0.1, -0.05) is 6.42 Å². The van der Waals surface area contributed by atoms with Crippen molar-refractivity contribution >= 4 is 0 Å². The Morgan fingerprint density at radius 1 is 1.50 bits per heavy atom. The van der Waals surface area contributed by atoms with E-state index in [1.54, 1.807) is 0 Å². The maximum atomic E-state index is 9.60. The second-order valence-corrected chi connectivity index (χ2v) is 4.08. The molecule has 14 heavy (non-hydrogen) atoms. The number of aliphatic hydroxyl groups excluding tert-OH is 1. The molecule has 1 heterocycles. The van der Waals surface area contributed by atoms with Gasteiger partial charge in [0.25, 0.3) is 0 Å². The largest absolute Gasteiger partial charge is 0.393 e. The summed E-state index contributed by atoms with van der Waals surface area (Å²) >= 11 is 0.